The number of nitrogens with zero attached hydrogens (tertiary/aromatic N) is 3. The minimum Gasteiger partial charge on any atom is -0.354 e. The molecule has 0 aromatic carbocycles. The van der Waals surface area contributed by atoms with Crippen LogP contribution < -0.4 is 10.6 Å². The van der Waals surface area contributed by atoms with E-state index in [-0.39, 0.29) is 0 Å². The van der Waals surface area contributed by atoms with Gasteiger partial charge in [0.15, 0.2) is 0 Å². The second kappa shape index (κ2) is 4.69. The molecule has 2 rings (SSSR count). The fourth-order valence-electron chi connectivity index (χ4n) is 3.08. The molecule has 2 atom stereocenters. The van der Waals surface area contributed by atoms with Crippen molar-refractivity contribution in [2.45, 2.75) is 39.7 Å². The fraction of sp³-hybridized carbons (Fsp3) is 0.769. The van der Waals surface area contributed by atoms with Crippen molar-refractivity contribution < 1.29 is 0 Å². The second-order valence-electron chi connectivity index (χ2n) is 5.39. The van der Waals surface area contributed by atoms with E-state index in [4.69, 9.17) is 5.73 Å². The van der Waals surface area contributed by atoms with Crippen molar-refractivity contribution in [3.8, 4) is 0 Å². The van der Waals surface area contributed by atoms with E-state index in [2.05, 4.69) is 30.8 Å². The minimum atomic E-state index is 0.608. The van der Waals surface area contributed by atoms with E-state index in [0.717, 1.165) is 24.6 Å². The summed E-state index contributed by atoms with van der Waals surface area (Å²) < 4.78 is 2.02. The molecule has 2 unspecified atom stereocenters. The van der Waals surface area contributed by atoms with E-state index in [9.17, 15) is 0 Å². The lowest BCUT2D eigenvalue weighted by atomic mass is 10.1. The van der Waals surface area contributed by atoms with Crippen molar-refractivity contribution in [3.63, 3.8) is 0 Å². The molecule has 1 saturated heterocycles. The monoisotopic (exact) mass is 236 g/mol. The molecule has 96 valence electrons. The van der Waals surface area contributed by atoms with Crippen molar-refractivity contribution in [2.24, 2.45) is 18.7 Å². The van der Waals surface area contributed by atoms with E-state index >= 15 is 0 Å². The first-order valence-electron chi connectivity index (χ1n) is 6.53. The van der Waals surface area contributed by atoms with Gasteiger partial charge in [0.1, 0.15) is 5.82 Å². The Morgan fingerprint density at radius 1 is 1.41 bits per heavy atom. The van der Waals surface area contributed by atoms with Crippen molar-refractivity contribution in [3.05, 3.63) is 11.3 Å². The highest BCUT2D eigenvalue weighted by Crippen LogP contribution is 2.32. The van der Waals surface area contributed by atoms with Crippen molar-refractivity contribution in [1.29, 1.82) is 0 Å². The van der Waals surface area contributed by atoms with E-state index in [0.29, 0.717) is 12.6 Å². The molecule has 2 N–H and O–H groups in total. The summed E-state index contributed by atoms with van der Waals surface area (Å²) in [5.41, 5.74) is 8.17. The maximum Gasteiger partial charge on any atom is 0.130 e. The minimum absolute atomic E-state index is 0.608. The molecule has 0 spiro atoms. The summed E-state index contributed by atoms with van der Waals surface area (Å²) in [5.74, 6) is 2.05. The first kappa shape index (κ1) is 12.4. The van der Waals surface area contributed by atoms with Crippen LogP contribution in [0.2, 0.25) is 0 Å². The number of hydrogen-bond donors (Lipinski definition) is 1. The van der Waals surface area contributed by atoms with Gasteiger partial charge in [-0.1, -0.05) is 6.92 Å². The van der Waals surface area contributed by atoms with Gasteiger partial charge < -0.3 is 10.6 Å². The number of anilines is 1. The first-order chi connectivity index (χ1) is 8.04. The average molecular weight is 236 g/mol. The van der Waals surface area contributed by atoms with Crippen LogP contribution >= 0.6 is 0 Å². The third-order valence-electron chi connectivity index (χ3n) is 3.76. The van der Waals surface area contributed by atoms with Crippen molar-refractivity contribution in [2.75, 3.05) is 18.0 Å². The zero-order valence-corrected chi connectivity index (χ0v) is 11.4. The van der Waals surface area contributed by atoms with Crippen LogP contribution in [0.25, 0.3) is 0 Å². The largest absolute Gasteiger partial charge is 0.354 e. The third kappa shape index (κ3) is 2.18. The normalized spacial score (nSPS) is 24.6. The lowest BCUT2D eigenvalue weighted by Gasteiger charge is -2.25. The van der Waals surface area contributed by atoms with Crippen LogP contribution in [0.1, 0.15) is 31.5 Å². The highest BCUT2D eigenvalue weighted by molar-refractivity contribution is 5.52. The maximum atomic E-state index is 5.71. The van der Waals surface area contributed by atoms with Gasteiger partial charge in [0.25, 0.3) is 0 Å². The lowest BCUT2D eigenvalue weighted by molar-refractivity contribution is 0.624. The highest BCUT2D eigenvalue weighted by Gasteiger charge is 2.30. The molecule has 0 aliphatic carbocycles. The fourth-order valence-corrected chi connectivity index (χ4v) is 3.08. The van der Waals surface area contributed by atoms with Gasteiger partial charge in [0.05, 0.1) is 5.69 Å². The van der Waals surface area contributed by atoms with Crippen molar-refractivity contribution in [1.82, 2.24) is 9.78 Å². The summed E-state index contributed by atoms with van der Waals surface area (Å²) in [5, 5.41) is 4.55. The quantitative estimate of drug-likeness (QED) is 0.864. The van der Waals surface area contributed by atoms with E-state index in [1.54, 1.807) is 0 Å². The molecule has 0 bridgehead atoms. The molecular weight excluding hydrogens is 212 g/mol. The smallest absolute Gasteiger partial charge is 0.130 e. The van der Waals surface area contributed by atoms with Gasteiger partial charge in [0, 0.05) is 25.2 Å². The molecule has 1 aliphatic rings. The Kier molecular flexibility index (Phi) is 3.43. The van der Waals surface area contributed by atoms with E-state index < -0.39 is 0 Å². The predicted molar refractivity (Wildman–Crippen MR) is 71.3 cm³/mol. The summed E-state index contributed by atoms with van der Waals surface area (Å²) in [6.07, 6.45) is 2.19. The van der Waals surface area contributed by atoms with Gasteiger partial charge in [-0.15, -0.1) is 0 Å². The van der Waals surface area contributed by atoms with Gasteiger partial charge in [-0.2, -0.15) is 5.10 Å². The molecule has 1 aromatic rings. The zero-order valence-electron chi connectivity index (χ0n) is 11.4. The van der Waals surface area contributed by atoms with Gasteiger partial charge in [-0.25, -0.2) is 0 Å². The number of rotatable bonds is 3. The number of aryl methyl sites for hydroxylation is 2. The molecule has 0 amide bonds. The molecule has 1 fully saturated rings. The summed E-state index contributed by atoms with van der Waals surface area (Å²) in [7, 11) is 2.04. The predicted octanol–water partition coefficient (Wildman–Crippen LogP) is 1.46. The molecule has 2 heterocycles. The molecule has 4 heteroatoms. The summed E-state index contributed by atoms with van der Waals surface area (Å²) in [6, 6.07) is 0.608. The molecule has 0 radical (unpaired) electrons. The first-order valence-corrected chi connectivity index (χ1v) is 6.53. The Bertz CT molecular complexity index is 396. The SMILES string of the molecule is Cc1nn(C)c(N2CC(C)CC2C)c1CCN. The van der Waals surface area contributed by atoms with Gasteiger partial charge in [0.2, 0.25) is 0 Å². The van der Waals surface area contributed by atoms with Crippen LogP contribution in [0, 0.1) is 12.8 Å². The maximum absolute atomic E-state index is 5.71. The average Bonchev–Trinajstić information content (AvgIpc) is 2.69. The summed E-state index contributed by atoms with van der Waals surface area (Å²) in [4.78, 5) is 2.50. The molecule has 1 aliphatic heterocycles. The van der Waals surface area contributed by atoms with Crippen LogP contribution in [0.5, 0.6) is 0 Å². The van der Waals surface area contributed by atoms with Crippen molar-refractivity contribution >= 4 is 5.82 Å². The van der Waals surface area contributed by atoms with Crippen LogP contribution in [0.3, 0.4) is 0 Å². The Morgan fingerprint density at radius 3 is 2.65 bits per heavy atom. The van der Waals surface area contributed by atoms with Gasteiger partial charge >= 0.3 is 0 Å². The lowest BCUT2D eigenvalue weighted by Crippen LogP contribution is -2.30. The molecule has 0 saturated carbocycles. The molecular formula is C13H24N4. The topological polar surface area (TPSA) is 47.1 Å². The molecule has 1 aromatic heterocycles. The van der Waals surface area contributed by atoms with Crippen LogP contribution in [-0.2, 0) is 13.5 Å². The van der Waals surface area contributed by atoms with E-state index in [1.165, 1.54) is 17.8 Å². The Hall–Kier alpha value is -1.03. The summed E-state index contributed by atoms with van der Waals surface area (Å²) >= 11 is 0. The number of nitrogens with two attached hydrogens (primary N) is 1. The Balaban J connectivity index is 2.37. The van der Waals surface area contributed by atoms with Gasteiger partial charge in [-0.3, -0.25) is 4.68 Å². The van der Waals surface area contributed by atoms with Crippen LogP contribution in [0.4, 0.5) is 5.82 Å². The number of hydrogen-bond acceptors (Lipinski definition) is 3. The Morgan fingerprint density at radius 2 is 2.12 bits per heavy atom. The van der Waals surface area contributed by atoms with E-state index in [1.807, 2.05) is 11.7 Å². The zero-order chi connectivity index (χ0) is 12.6. The Labute approximate surface area is 104 Å². The standard InChI is InChI=1S/C13H24N4/c1-9-7-10(2)17(8-9)13-12(5-6-14)11(3)15-16(13)4/h9-10H,5-8,14H2,1-4H3. The highest BCUT2D eigenvalue weighted by atomic mass is 15.4. The molecule has 4 nitrogen and oxygen atoms in total. The second-order valence-corrected chi connectivity index (χ2v) is 5.39. The van der Waals surface area contributed by atoms with Gasteiger partial charge in [-0.05, 0) is 39.2 Å². The van der Waals surface area contributed by atoms with Crippen LogP contribution in [-0.4, -0.2) is 28.9 Å². The van der Waals surface area contributed by atoms with Crippen LogP contribution in [0.15, 0.2) is 0 Å². The third-order valence-corrected chi connectivity index (χ3v) is 3.76. The number of aromatic nitrogens is 2. The summed E-state index contributed by atoms with van der Waals surface area (Å²) in [6.45, 7) is 8.54. The molecule has 17 heavy (non-hydrogen) atoms.